The summed E-state index contributed by atoms with van der Waals surface area (Å²) in [5, 5.41) is 35.4. The lowest BCUT2D eigenvalue weighted by Gasteiger charge is -2.50. The Kier molecular flexibility index (Phi) is 13.3. The van der Waals surface area contributed by atoms with E-state index in [0.717, 1.165) is 105 Å². The van der Waals surface area contributed by atoms with Gasteiger partial charge in [-0.3, -0.25) is 9.69 Å². The molecule has 2 bridgehead atoms. The molecule has 52 heavy (non-hydrogen) atoms. The van der Waals surface area contributed by atoms with Crippen molar-refractivity contribution in [1.29, 1.82) is 0 Å². The number of hydrogen-bond donors (Lipinski definition) is 5. The predicted octanol–water partition coefficient (Wildman–Crippen LogP) is 7.59. The third-order valence-corrected chi connectivity index (χ3v) is 11.1. The first-order valence-electron chi connectivity index (χ1n) is 18.7. The fourth-order valence-corrected chi connectivity index (χ4v) is 8.48. The SMILES string of the molecule is O=C(O)N(C(c1ccccc1)c1cc(Br)cc(OCCCCCCCCCNC[C@@H](O)c2ccc(O)c3[nH]c(=O)ccc23)c1)[C@H]1CN2CCC1CC2. The first-order valence-corrected chi connectivity index (χ1v) is 19.5. The first-order chi connectivity index (χ1) is 25.3. The number of nitrogens with one attached hydrogen (secondary N) is 2. The summed E-state index contributed by atoms with van der Waals surface area (Å²) in [6.45, 7) is 4.69. The van der Waals surface area contributed by atoms with Crippen molar-refractivity contribution >= 4 is 32.9 Å². The minimum atomic E-state index is -0.884. The molecule has 3 aromatic carbocycles. The minimum Gasteiger partial charge on any atom is -0.506 e. The Balaban J connectivity index is 0.921. The van der Waals surface area contributed by atoms with E-state index in [-0.39, 0.29) is 17.4 Å². The number of carbonyl (C=O) groups is 1. The van der Waals surface area contributed by atoms with Crippen LogP contribution in [0.2, 0.25) is 0 Å². The molecule has 0 aliphatic carbocycles. The molecule has 3 atom stereocenters. The number of halogens is 1. The number of phenolic OH excluding ortho intramolecular Hbond substituents is 1. The number of nitrogens with zero attached hydrogens (tertiary/aromatic N) is 2. The first kappa shape index (κ1) is 37.8. The Hall–Kier alpha value is -3.90. The zero-order valence-corrected chi connectivity index (χ0v) is 31.3. The molecule has 1 unspecified atom stereocenters. The minimum absolute atomic E-state index is 0.0135. The number of aromatic amines is 1. The normalized spacial score (nSPS) is 19.4. The number of phenols is 1. The lowest BCUT2D eigenvalue weighted by molar-refractivity contribution is -0.000819. The summed E-state index contributed by atoms with van der Waals surface area (Å²) < 4.78 is 7.12. The molecule has 11 heteroatoms. The summed E-state index contributed by atoms with van der Waals surface area (Å²) >= 11 is 3.68. The van der Waals surface area contributed by atoms with Crippen molar-refractivity contribution in [2.45, 2.75) is 76.0 Å². The monoisotopic (exact) mass is 774 g/mol. The lowest BCUT2D eigenvalue weighted by Crippen LogP contribution is -2.59. The fourth-order valence-electron chi connectivity index (χ4n) is 7.99. The number of fused-ring (bicyclic) bond motifs is 4. The van der Waals surface area contributed by atoms with Gasteiger partial charge in [0.05, 0.1) is 30.3 Å². The van der Waals surface area contributed by atoms with Crippen molar-refractivity contribution in [3.8, 4) is 11.5 Å². The summed E-state index contributed by atoms with van der Waals surface area (Å²) in [6.07, 6.45) is 8.05. The predicted molar refractivity (Wildman–Crippen MR) is 207 cm³/mol. The van der Waals surface area contributed by atoms with Crippen molar-refractivity contribution in [3.05, 3.63) is 104 Å². The van der Waals surface area contributed by atoms with Gasteiger partial charge in [-0.1, -0.05) is 84.4 Å². The van der Waals surface area contributed by atoms with Gasteiger partial charge in [0.1, 0.15) is 11.5 Å². The van der Waals surface area contributed by atoms with E-state index >= 15 is 0 Å². The molecule has 1 aromatic heterocycles. The highest BCUT2D eigenvalue weighted by Gasteiger charge is 2.43. The van der Waals surface area contributed by atoms with Crippen molar-refractivity contribution in [2.75, 3.05) is 39.3 Å². The van der Waals surface area contributed by atoms with E-state index in [9.17, 15) is 24.9 Å². The molecule has 3 aliphatic rings. The molecule has 3 aliphatic heterocycles. The summed E-state index contributed by atoms with van der Waals surface area (Å²) in [4.78, 5) is 31.4. The van der Waals surface area contributed by atoms with Gasteiger partial charge in [0, 0.05) is 29.0 Å². The molecule has 3 saturated heterocycles. The molecular weight excluding hydrogens is 724 g/mol. The summed E-state index contributed by atoms with van der Waals surface area (Å²) in [5.74, 6) is 1.11. The molecule has 0 radical (unpaired) electrons. The smallest absolute Gasteiger partial charge is 0.408 e. The van der Waals surface area contributed by atoms with Gasteiger partial charge < -0.3 is 35.3 Å². The van der Waals surface area contributed by atoms with Crippen LogP contribution < -0.4 is 15.6 Å². The van der Waals surface area contributed by atoms with Gasteiger partial charge in [-0.25, -0.2) is 4.79 Å². The van der Waals surface area contributed by atoms with Gasteiger partial charge in [0.15, 0.2) is 0 Å². The van der Waals surface area contributed by atoms with E-state index < -0.39 is 18.2 Å². The Labute approximate surface area is 313 Å². The number of aliphatic hydroxyl groups is 1. The number of carboxylic acid groups (broad SMARTS) is 1. The summed E-state index contributed by atoms with van der Waals surface area (Å²) in [6, 6.07) is 21.7. The molecule has 1 amide bonds. The summed E-state index contributed by atoms with van der Waals surface area (Å²) in [5.41, 5.74) is 2.58. The Morgan fingerprint density at radius 1 is 0.942 bits per heavy atom. The Morgan fingerprint density at radius 2 is 1.67 bits per heavy atom. The molecule has 0 saturated carbocycles. The van der Waals surface area contributed by atoms with Gasteiger partial charge in [-0.15, -0.1) is 0 Å². The molecular formula is C41H51BrN4O6. The van der Waals surface area contributed by atoms with Crippen LogP contribution in [0.3, 0.4) is 0 Å². The van der Waals surface area contributed by atoms with Crippen molar-refractivity contribution in [3.63, 3.8) is 0 Å². The number of hydrogen-bond acceptors (Lipinski definition) is 7. The molecule has 278 valence electrons. The van der Waals surface area contributed by atoms with Crippen molar-refractivity contribution < 1.29 is 24.9 Å². The second kappa shape index (κ2) is 18.2. The zero-order chi connectivity index (χ0) is 36.5. The number of pyridine rings is 1. The number of aromatic nitrogens is 1. The second-order valence-electron chi connectivity index (χ2n) is 14.3. The van der Waals surface area contributed by atoms with E-state index in [1.54, 1.807) is 17.0 Å². The third kappa shape index (κ3) is 9.55. The van der Waals surface area contributed by atoms with Gasteiger partial charge in [-0.05, 0) is 98.3 Å². The molecule has 3 fully saturated rings. The molecule has 4 heterocycles. The van der Waals surface area contributed by atoms with Crippen LogP contribution >= 0.6 is 15.9 Å². The number of aromatic hydroxyl groups is 1. The molecule has 0 spiro atoms. The Bertz CT molecular complexity index is 1830. The maximum absolute atomic E-state index is 13.0. The highest BCUT2D eigenvalue weighted by molar-refractivity contribution is 9.10. The Morgan fingerprint density at radius 3 is 2.38 bits per heavy atom. The van der Waals surface area contributed by atoms with E-state index in [0.29, 0.717) is 35.5 Å². The number of unbranched alkanes of at least 4 members (excludes halogenated alkanes) is 6. The fraction of sp³-hybridized carbons (Fsp3) is 0.463. The number of H-pyrrole nitrogens is 1. The standard InChI is InChI=1S/C41H51BrN4O6/c42-31-23-30(40(29-11-7-6-8-12-29)46(41(50)51)35-27-45-20-17-28(35)18-21-45)24-32(25-31)52-22-10-5-3-1-2-4-9-19-43-26-37(48)33-13-15-36(47)39-34(33)14-16-38(49)44-39/h6-8,11-16,23-25,28,35,37,40,43,47-48H,1-5,9-10,17-22,26-27H2,(H,44,49)(H,50,51)/t35-,37+,40?/m0/s1. The summed E-state index contributed by atoms with van der Waals surface area (Å²) in [7, 11) is 0. The topological polar surface area (TPSA) is 138 Å². The second-order valence-corrected chi connectivity index (χ2v) is 15.2. The van der Waals surface area contributed by atoms with Crippen molar-refractivity contribution in [2.24, 2.45) is 5.92 Å². The van der Waals surface area contributed by atoms with Gasteiger partial charge in [-0.2, -0.15) is 0 Å². The van der Waals surface area contributed by atoms with Gasteiger partial charge in [0.25, 0.3) is 0 Å². The van der Waals surface area contributed by atoms with Crippen LogP contribution in [-0.2, 0) is 0 Å². The highest BCUT2D eigenvalue weighted by Crippen LogP contribution is 2.40. The molecule has 5 N–H and O–H groups in total. The van der Waals surface area contributed by atoms with E-state index in [2.05, 4.69) is 31.1 Å². The van der Waals surface area contributed by atoms with Crippen LogP contribution in [0, 0.1) is 5.92 Å². The highest BCUT2D eigenvalue weighted by atomic mass is 79.9. The molecule has 4 aromatic rings. The van der Waals surface area contributed by atoms with Gasteiger partial charge in [0.2, 0.25) is 5.56 Å². The molecule has 10 nitrogen and oxygen atoms in total. The number of aliphatic hydroxyl groups excluding tert-OH is 1. The van der Waals surface area contributed by atoms with Crippen LogP contribution in [0.1, 0.15) is 86.6 Å². The lowest BCUT2D eigenvalue weighted by atomic mass is 9.81. The maximum atomic E-state index is 13.0. The van der Waals surface area contributed by atoms with Crippen LogP contribution in [0.15, 0.2) is 82.1 Å². The quantitative estimate of drug-likeness (QED) is 0.0653. The largest absolute Gasteiger partial charge is 0.506 e. The van der Waals surface area contributed by atoms with Crippen LogP contribution in [0.5, 0.6) is 11.5 Å². The number of amides is 1. The van der Waals surface area contributed by atoms with Crippen LogP contribution in [-0.4, -0.2) is 81.6 Å². The number of rotatable bonds is 18. The number of piperidine rings is 3. The van der Waals surface area contributed by atoms with E-state index in [1.807, 2.05) is 48.5 Å². The molecule has 7 rings (SSSR count). The third-order valence-electron chi connectivity index (χ3n) is 10.7. The van der Waals surface area contributed by atoms with E-state index in [1.165, 1.54) is 12.1 Å². The maximum Gasteiger partial charge on any atom is 0.408 e. The number of ether oxygens (including phenoxy) is 1. The van der Waals surface area contributed by atoms with Crippen LogP contribution in [0.25, 0.3) is 10.9 Å². The number of benzene rings is 3. The zero-order valence-electron chi connectivity index (χ0n) is 29.7. The average Bonchev–Trinajstić information content (AvgIpc) is 3.15. The van der Waals surface area contributed by atoms with E-state index in [4.69, 9.17) is 4.74 Å². The van der Waals surface area contributed by atoms with Crippen molar-refractivity contribution in [1.82, 2.24) is 20.1 Å². The van der Waals surface area contributed by atoms with Gasteiger partial charge >= 0.3 is 6.09 Å². The average molecular weight is 776 g/mol. The van der Waals surface area contributed by atoms with Crippen LogP contribution in [0.4, 0.5) is 4.79 Å².